The summed E-state index contributed by atoms with van der Waals surface area (Å²) in [6.45, 7) is 9.89. The predicted molar refractivity (Wildman–Crippen MR) is 81.9 cm³/mol. The van der Waals surface area contributed by atoms with Crippen LogP contribution in [0.3, 0.4) is 0 Å². The van der Waals surface area contributed by atoms with Crippen LogP contribution < -0.4 is 10.2 Å². The van der Waals surface area contributed by atoms with Crippen molar-refractivity contribution >= 4 is 23.1 Å². The highest BCUT2D eigenvalue weighted by molar-refractivity contribution is 5.96. The molecule has 0 unspecified atom stereocenters. The Balaban J connectivity index is 2.77. The topological polar surface area (TPSA) is 44.7 Å². The fourth-order valence-electron chi connectivity index (χ4n) is 1.51. The predicted octanol–water partition coefficient (Wildman–Crippen LogP) is 3.08. The van der Waals surface area contributed by atoms with E-state index in [4.69, 9.17) is 0 Å². The molecule has 0 aliphatic heterocycles. The Morgan fingerprint density at radius 3 is 2.32 bits per heavy atom. The van der Waals surface area contributed by atoms with Gasteiger partial charge in [-0.05, 0) is 38.1 Å². The van der Waals surface area contributed by atoms with Crippen LogP contribution in [0.2, 0.25) is 0 Å². The zero-order valence-corrected chi connectivity index (χ0v) is 12.0. The van der Waals surface area contributed by atoms with Crippen molar-refractivity contribution in [2.45, 2.75) is 20.8 Å². The summed E-state index contributed by atoms with van der Waals surface area (Å²) < 4.78 is 0. The van der Waals surface area contributed by atoms with Crippen molar-refractivity contribution in [1.82, 2.24) is 0 Å². The molecular weight excluding hydrogens is 238 g/mol. The molecule has 0 aliphatic carbocycles. The number of amides is 1. The zero-order valence-electron chi connectivity index (χ0n) is 12.0. The van der Waals surface area contributed by atoms with Crippen LogP contribution >= 0.6 is 0 Å². The fraction of sp³-hybridized carbons (Fsp3) is 0.333. The molecule has 1 aromatic carbocycles. The van der Waals surface area contributed by atoms with Crippen LogP contribution in [0.4, 0.5) is 11.4 Å². The number of hydrogen-bond acceptors (Lipinski definition) is 2. The van der Waals surface area contributed by atoms with Gasteiger partial charge in [0.2, 0.25) is 5.91 Å². The van der Waals surface area contributed by atoms with Gasteiger partial charge in [-0.1, -0.05) is 12.2 Å². The molecule has 0 aliphatic rings. The molecule has 19 heavy (non-hydrogen) atoms. The minimum Gasteiger partial charge on any atom is -0.333 e. The largest absolute Gasteiger partial charge is 0.333 e. The zero-order chi connectivity index (χ0) is 14.4. The first-order valence-electron chi connectivity index (χ1n) is 6.17. The van der Waals surface area contributed by atoms with E-state index < -0.39 is 0 Å². The number of hydrogen-bond donors (Lipinski definition) is 1. The number of rotatable bonds is 4. The number of carbonyl (C=O) groups excluding carboxylic acids is 1. The van der Waals surface area contributed by atoms with Crippen LogP contribution in [0.5, 0.6) is 0 Å². The molecule has 0 spiro atoms. The summed E-state index contributed by atoms with van der Waals surface area (Å²) in [6, 6.07) is 7.65. The van der Waals surface area contributed by atoms with Crippen molar-refractivity contribution in [3.63, 3.8) is 0 Å². The van der Waals surface area contributed by atoms with Crippen molar-refractivity contribution in [1.29, 1.82) is 0 Å². The highest BCUT2D eigenvalue weighted by atomic mass is 16.1. The van der Waals surface area contributed by atoms with Crippen LogP contribution in [-0.4, -0.2) is 25.3 Å². The number of benzene rings is 1. The average Bonchev–Trinajstić information content (AvgIpc) is 2.35. The van der Waals surface area contributed by atoms with Crippen LogP contribution in [0.25, 0.3) is 0 Å². The van der Waals surface area contributed by atoms with Gasteiger partial charge < -0.3 is 10.2 Å². The van der Waals surface area contributed by atoms with E-state index in [0.717, 1.165) is 22.8 Å². The van der Waals surface area contributed by atoms with Gasteiger partial charge in [-0.15, -0.1) is 0 Å². The minimum absolute atomic E-state index is 0.0692. The maximum Gasteiger partial charge on any atom is 0.221 e. The van der Waals surface area contributed by atoms with Gasteiger partial charge in [0, 0.05) is 25.3 Å². The van der Waals surface area contributed by atoms with Crippen molar-refractivity contribution in [3.8, 4) is 0 Å². The van der Waals surface area contributed by atoms with E-state index in [-0.39, 0.29) is 5.91 Å². The molecule has 0 saturated heterocycles. The molecule has 1 N–H and O–H groups in total. The number of aliphatic imine (C=N–C) groups is 1. The average molecular weight is 259 g/mol. The van der Waals surface area contributed by atoms with Crippen LogP contribution in [0.1, 0.15) is 20.8 Å². The molecule has 0 aromatic heterocycles. The summed E-state index contributed by atoms with van der Waals surface area (Å²) in [5.41, 5.74) is 2.85. The van der Waals surface area contributed by atoms with Gasteiger partial charge in [0.05, 0.1) is 6.54 Å². The van der Waals surface area contributed by atoms with Gasteiger partial charge in [-0.2, -0.15) is 0 Å². The number of nitrogens with one attached hydrogen (secondary N) is 1. The van der Waals surface area contributed by atoms with E-state index in [2.05, 4.69) is 16.9 Å². The Morgan fingerprint density at radius 1 is 1.26 bits per heavy atom. The summed E-state index contributed by atoms with van der Waals surface area (Å²) in [6.07, 6.45) is 0. The maximum absolute atomic E-state index is 10.9. The quantitative estimate of drug-likeness (QED) is 0.513. The normalized spacial score (nSPS) is 11.1. The number of nitrogens with zero attached hydrogens (tertiary/aromatic N) is 2. The van der Waals surface area contributed by atoms with E-state index in [9.17, 15) is 4.79 Å². The minimum atomic E-state index is -0.0692. The van der Waals surface area contributed by atoms with E-state index >= 15 is 0 Å². The third kappa shape index (κ3) is 4.95. The maximum atomic E-state index is 10.9. The summed E-state index contributed by atoms with van der Waals surface area (Å²) in [5, 5.41) is 2.74. The number of anilines is 2. The molecule has 4 heteroatoms. The first kappa shape index (κ1) is 15.0. The second-order valence-electron chi connectivity index (χ2n) is 4.61. The van der Waals surface area contributed by atoms with Crippen molar-refractivity contribution in [3.05, 3.63) is 36.4 Å². The van der Waals surface area contributed by atoms with E-state index in [1.165, 1.54) is 6.92 Å². The molecule has 1 rings (SSSR count). The van der Waals surface area contributed by atoms with E-state index in [0.29, 0.717) is 6.54 Å². The van der Waals surface area contributed by atoms with Crippen molar-refractivity contribution in [2.75, 3.05) is 23.8 Å². The summed E-state index contributed by atoms with van der Waals surface area (Å²) in [5.74, 6) is 0.857. The Bertz CT molecular complexity index is 489. The second-order valence-corrected chi connectivity index (χ2v) is 4.61. The Labute approximate surface area is 114 Å². The van der Waals surface area contributed by atoms with Gasteiger partial charge >= 0.3 is 0 Å². The number of amidine groups is 1. The van der Waals surface area contributed by atoms with Gasteiger partial charge in [0.25, 0.3) is 0 Å². The molecule has 4 nitrogen and oxygen atoms in total. The van der Waals surface area contributed by atoms with Crippen molar-refractivity contribution in [2.24, 2.45) is 4.99 Å². The third-order valence-corrected chi connectivity index (χ3v) is 2.64. The molecule has 102 valence electrons. The van der Waals surface area contributed by atoms with Gasteiger partial charge in [0.1, 0.15) is 5.84 Å². The lowest BCUT2D eigenvalue weighted by Gasteiger charge is -2.19. The van der Waals surface area contributed by atoms with Crippen LogP contribution in [-0.2, 0) is 4.79 Å². The number of carbonyl (C=O) groups is 1. The van der Waals surface area contributed by atoms with E-state index in [1.54, 1.807) is 0 Å². The Hall–Kier alpha value is -2.10. The van der Waals surface area contributed by atoms with Crippen LogP contribution in [0, 0.1) is 0 Å². The Kier molecular flexibility index (Phi) is 5.30. The first-order valence-corrected chi connectivity index (χ1v) is 6.17. The molecule has 0 radical (unpaired) electrons. The second kappa shape index (κ2) is 6.73. The molecule has 1 amide bonds. The molecule has 0 heterocycles. The highest BCUT2D eigenvalue weighted by Gasteiger charge is 2.04. The Morgan fingerprint density at radius 2 is 1.84 bits per heavy atom. The molecule has 0 saturated carbocycles. The van der Waals surface area contributed by atoms with Crippen LogP contribution in [0.15, 0.2) is 41.4 Å². The SMILES string of the molecule is C=C(C)CN=C(C)N(C)c1ccc(NC(C)=O)cc1. The summed E-state index contributed by atoms with van der Waals surface area (Å²) >= 11 is 0. The molecule has 0 atom stereocenters. The fourth-order valence-corrected chi connectivity index (χ4v) is 1.51. The third-order valence-electron chi connectivity index (χ3n) is 2.64. The smallest absolute Gasteiger partial charge is 0.221 e. The summed E-state index contributed by atoms with van der Waals surface area (Å²) in [4.78, 5) is 17.4. The molecular formula is C15H21N3O. The monoisotopic (exact) mass is 259 g/mol. The molecule has 0 bridgehead atoms. The molecule has 1 aromatic rings. The van der Waals surface area contributed by atoms with Gasteiger partial charge in [-0.25, -0.2) is 0 Å². The standard InChI is InChI=1S/C15H21N3O/c1-11(2)10-16-12(3)18(5)15-8-6-14(7-9-15)17-13(4)19/h6-9H,1,10H2,2-5H3,(H,17,19). The lowest BCUT2D eigenvalue weighted by molar-refractivity contribution is -0.114. The van der Waals surface area contributed by atoms with Crippen molar-refractivity contribution < 1.29 is 4.79 Å². The van der Waals surface area contributed by atoms with E-state index in [1.807, 2.05) is 50.1 Å². The molecule has 0 fully saturated rings. The highest BCUT2D eigenvalue weighted by Crippen LogP contribution is 2.17. The van der Waals surface area contributed by atoms with Gasteiger partial charge in [-0.3, -0.25) is 9.79 Å². The lowest BCUT2D eigenvalue weighted by atomic mass is 10.2. The summed E-state index contributed by atoms with van der Waals surface area (Å²) in [7, 11) is 1.96. The first-order chi connectivity index (χ1) is 8.90. The van der Waals surface area contributed by atoms with Gasteiger partial charge in [0.15, 0.2) is 0 Å². The lowest BCUT2D eigenvalue weighted by Crippen LogP contribution is -2.23.